The van der Waals surface area contributed by atoms with Crippen LogP contribution in [-0.4, -0.2) is 32.8 Å². The van der Waals surface area contributed by atoms with Crippen molar-refractivity contribution in [3.63, 3.8) is 0 Å². The van der Waals surface area contributed by atoms with Crippen molar-refractivity contribution in [1.82, 2.24) is 32.8 Å². The molecule has 0 bridgehead atoms. The van der Waals surface area contributed by atoms with Crippen molar-refractivity contribution >= 4 is 120 Å². The monoisotopic (exact) mass is 1120 g/mol. The highest BCUT2D eigenvalue weighted by atomic mass is 32.1. The number of fused-ring (bicyclic) bond motifs is 14. The van der Waals surface area contributed by atoms with Crippen LogP contribution in [0.15, 0.2) is 249 Å². The van der Waals surface area contributed by atoms with Gasteiger partial charge in [-0.05, 0) is 137 Å². The molecule has 0 amide bonds. The summed E-state index contributed by atoms with van der Waals surface area (Å²) in [7, 11) is 0. The Morgan fingerprint density at radius 1 is 0.267 bits per heavy atom. The number of para-hydroxylation sites is 8. The summed E-state index contributed by atoms with van der Waals surface area (Å²) in [6.45, 7) is 8.84. The second-order valence-corrected chi connectivity index (χ2v) is 24.2. The van der Waals surface area contributed by atoms with Gasteiger partial charge in [0.2, 0.25) is 0 Å². The summed E-state index contributed by atoms with van der Waals surface area (Å²) in [6.07, 6.45) is 0. The topological polar surface area (TPSA) is 50.4 Å². The zero-order valence-corrected chi connectivity index (χ0v) is 48.5. The summed E-state index contributed by atoms with van der Waals surface area (Å²) >= 11 is 1.75. The molecule has 18 aromatic rings. The first kappa shape index (κ1) is 48.7. The minimum absolute atomic E-state index is 0.791. The molecule has 0 spiro atoms. The lowest BCUT2D eigenvalue weighted by Gasteiger charge is -2.30. The standard InChI is InChI=1S/C78H53N7S/c1-46-34-38-65-55(42-46)51-22-8-14-28-61(51)82(65)73-71(77-79-59-26-12-18-32-69(59)81(77)50-20-6-5-7-21-50)72(78-80-60-27-13-19-33-70(60)86-78)74(83-62-29-15-9-23-52(62)56-43-47(2)35-39-66(56)83)76(85-64-31-17-11-25-54(64)58-45-49(4)37-41-68(58)85)75(73)84-63-30-16-10-24-53(63)57-44-48(3)36-40-67(57)84/h5-45H,1-4H3. The molecule has 6 heterocycles. The maximum atomic E-state index is 6.06. The van der Waals surface area contributed by atoms with E-state index in [1.807, 2.05) is 0 Å². The highest BCUT2D eigenvalue weighted by molar-refractivity contribution is 7.21. The van der Waals surface area contributed by atoms with E-state index >= 15 is 0 Å². The molecule has 0 saturated carbocycles. The fraction of sp³-hybridized carbons (Fsp3) is 0.0513. The van der Waals surface area contributed by atoms with Gasteiger partial charge in [0, 0.05) is 54.3 Å². The molecule has 86 heavy (non-hydrogen) atoms. The number of benzene rings is 12. The first-order valence-corrected chi connectivity index (χ1v) is 30.3. The van der Waals surface area contributed by atoms with Crippen LogP contribution in [0.1, 0.15) is 22.3 Å². The lowest BCUT2D eigenvalue weighted by Crippen LogP contribution is -2.17. The van der Waals surface area contributed by atoms with Crippen LogP contribution >= 0.6 is 11.3 Å². The Morgan fingerprint density at radius 3 is 1.06 bits per heavy atom. The Bertz CT molecular complexity index is 5870. The number of aromatic nitrogens is 7. The molecular weight excluding hydrogens is 1070 g/mol. The van der Waals surface area contributed by atoms with Crippen LogP contribution in [0.2, 0.25) is 0 Å². The molecule has 0 atom stereocenters. The van der Waals surface area contributed by atoms with Gasteiger partial charge in [0.25, 0.3) is 0 Å². The number of imidazole rings is 1. The first-order valence-electron chi connectivity index (χ1n) is 29.5. The molecular formula is C78H53N7S. The van der Waals surface area contributed by atoms with Crippen LogP contribution in [0.3, 0.4) is 0 Å². The number of nitrogens with zero attached hydrogens (tertiary/aromatic N) is 7. The van der Waals surface area contributed by atoms with Crippen LogP contribution in [-0.2, 0) is 0 Å². The minimum atomic E-state index is 0.791. The zero-order chi connectivity index (χ0) is 57.1. The van der Waals surface area contributed by atoms with E-state index in [9.17, 15) is 0 Å². The molecule has 0 aliphatic carbocycles. The van der Waals surface area contributed by atoms with Gasteiger partial charge in [0.05, 0.1) is 93.7 Å². The SMILES string of the molecule is Cc1ccc2c(c1)c1ccccc1n2-c1c(-c2nc3ccccc3s2)c(-c2nc3ccccc3n2-c2ccccc2)c(-n2c3ccccc3c3cc(C)ccc32)c(-n2c3ccccc3c3cc(C)ccc32)c1-n1c2ccccc2c2cc(C)ccc21. The van der Waals surface area contributed by atoms with E-state index in [0.717, 1.165) is 121 Å². The Hall–Kier alpha value is -10.8. The van der Waals surface area contributed by atoms with Crippen LogP contribution in [0, 0.1) is 27.7 Å². The van der Waals surface area contributed by atoms with Crippen molar-refractivity contribution in [2.45, 2.75) is 27.7 Å². The average Bonchev–Trinajstić information content (AvgIpc) is 1.42. The van der Waals surface area contributed by atoms with Gasteiger partial charge < -0.3 is 18.3 Å². The van der Waals surface area contributed by atoms with Gasteiger partial charge in [0.1, 0.15) is 10.8 Å². The van der Waals surface area contributed by atoms with Crippen molar-refractivity contribution in [2.24, 2.45) is 0 Å². The van der Waals surface area contributed by atoms with E-state index in [1.165, 1.54) is 60.0 Å². The lowest BCUT2D eigenvalue weighted by molar-refractivity contribution is 1.01. The number of aryl methyl sites for hydroxylation is 4. The van der Waals surface area contributed by atoms with Gasteiger partial charge in [0.15, 0.2) is 0 Å². The zero-order valence-electron chi connectivity index (χ0n) is 47.7. The number of rotatable bonds is 7. The third-order valence-electron chi connectivity index (χ3n) is 17.9. The summed E-state index contributed by atoms with van der Waals surface area (Å²) < 4.78 is 13.9. The van der Waals surface area contributed by atoms with Gasteiger partial charge in [-0.25, -0.2) is 9.97 Å². The molecule has 406 valence electrons. The summed E-state index contributed by atoms with van der Waals surface area (Å²) in [4.78, 5) is 12.0. The van der Waals surface area contributed by atoms with E-state index in [2.05, 4.69) is 299 Å². The van der Waals surface area contributed by atoms with E-state index < -0.39 is 0 Å². The average molecular weight is 1120 g/mol. The number of hydrogen-bond acceptors (Lipinski definition) is 3. The predicted molar refractivity (Wildman–Crippen MR) is 361 cm³/mol. The number of hydrogen-bond donors (Lipinski definition) is 0. The second-order valence-electron chi connectivity index (χ2n) is 23.2. The quantitative estimate of drug-likeness (QED) is 0.160. The van der Waals surface area contributed by atoms with E-state index in [-0.39, 0.29) is 0 Å². The van der Waals surface area contributed by atoms with E-state index in [0.29, 0.717) is 0 Å². The predicted octanol–water partition coefficient (Wildman–Crippen LogP) is 20.6. The molecule has 0 fully saturated rings. The lowest BCUT2D eigenvalue weighted by atomic mass is 9.96. The molecule has 0 radical (unpaired) electrons. The van der Waals surface area contributed by atoms with Gasteiger partial charge in [-0.2, -0.15) is 0 Å². The molecule has 0 aliphatic rings. The molecule has 0 aliphatic heterocycles. The maximum Gasteiger partial charge on any atom is 0.148 e. The molecule has 6 aromatic heterocycles. The second kappa shape index (κ2) is 18.3. The van der Waals surface area contributed by atoms with Crippen molar-refractivity contribution < 1.29 is 0 Å². The van der Waals surface area contributed by atoms with Crippen molar-refractivity contribution in [3.05, 3.63) is 271 Å². The highest BCUT2D eigenvalue weighted by Gasteiger charge is 2.38. The van der Waals surface area contributed by atoms with Crippen LogP contribution in [0.5, 0.6) is 0 Å². The van der Waals surface area contributed by atoms with Gasteiger partial charge >= 0.3 is 0 Å². The minimum Gasteiger partial charge on any atom is -0.306 e. The first-order chi connectivity index (χ1) is 42.3. The van der Waals surface area contributed by atoms with Crippen LogP contribution in [0.4, 0.5) is 0 Å². The molecule has 7 nitrogen and oxygen atoms in total. The third kappa shape index (κ3) is 6.90. The van der Waals surface area contributed by atoms with Gasteiger partial charge in [-0.15, -0.1) is 11.3 Å². The number of thiazole rings is 1. The van der Waals surface area contributed by atoms with Gasteiger partial charge in [-0.1, -0.05) is 162 Å². The van der Waals surface area contributed by atoms with Crippen molar-refractivity contribution in [1.29, 1.82) is 0 Å². The normalized spacial score (nSPS) is 12.2. The fourth-order valence-electron chi connectivity index (χ4n) is 14.3. The van der Waals surface area contributed by atoms with Gasteiger partial charge in [-0.3, -0.25) is 4.57 Å². The molecule has 12 aromatic carbocycles. The Labute approximate surface area is 498 Å². The van der Waals surface area contributed by atoms with Crippen LogP contribution < -0.4 is 0 Å². The van der Waals surface area contributed by atoms with Crippen molar-refractivity contribution in [3.8, 4) is 50.4 Å². The largest absolute Gasteiger partial charge is 0.306 e. The van der Waals surface area contributed by atoms with E-state index in [1.54, 1.807) is 11.3 Å². The molecule has 0 saturated heterocycles. The van der Waals surface area contributed by atoms with Crippen molar-refractivity contribution in [2.75, 3.05) is 0 Å². The third-order valence-corrected chi connectivity index (χ3v) is 19.0. The fourth-order valence-corrected chi connectivity index (χ4v) is 15.3. The Balaban J connectivity index is 1.25. The Kier molecular flexibility index (Phi) is 10.4. The molecule has 18 rings (SSSR count). The smallest absolute Gasteiger partial charge is 0.148 e. The van der Waals surface area contributed by atoms with Crippen LogP contribution in [0.25, 0.3) is 159 Å². The van der Waals surface area contributed by atoms with E-state index in [4.69, 9.17) is 9.97 Å². The Morgan fingerprint density at radius 2 is 0.616 bits per heavy atom. The summed E-state index contributed by atoms with van der Waals surface area (Å²) in [5, 5.41) is 10.2. The molecule has 8 heteroatoms. The maximum absolute atomic E-state index is 6.06. The summed E-state index contributed by atoms with van der Waals surface area (Å²) in [5.74, 6) is 0.791. The molecule has 0 unspecified atom stereocenters. The summed E-state index contributed by atoms with van der Waals surface area (Å²) in [5.41, 5.74) is 23.1. The molecule has 0 N–H and O–H groups in total. The summed E-state index contributed by atoms with van der Waals surface area (Å²) in [6, 6.07) is 92.2. The highest BCUT2D eigenvalue weighted by Crippen LogP contribution is 2.56.